The molecular formula is C8H16F71NO3. The number of nitrogens with zero attached hydrogens (tertiary/aromatic N) is 1. The summed E-state index contributed by atoms with van der Waals surface area (Å²) >= 11 is 0. The monoisotopic (exact) mass is 1520 g/mol. The van der Waals surface area contributed by atoms with Gasteiger partial charge in [0.25, 0.3) is 0 Å². The average molecular weight is 1520 g/mol. The first kappa shape index (κ1) is 264. The minimum Gasteiger partial charge on any atom is -0.468 e. The van der Waals surface area contributed by atoms with Crippen molar-refractivity contribution in [2.45, 2.75) is 18.6 Å². The van der Waals surface area contributed by atoms with Gasteiger partial charge in [0.05, 0.1) is 13.2 Å². The number of rotatable bonds is 2. The summed E-state index contributed by atoms with van der Waals surface area (Å²) in [5.41, 5.74) is 0. The molecule has 1 heterocycles. The van der Waals surface area contributed by atoms with Gasteiger partial charge in [-0.25, -0.2) is 0 Å². The number of hydrogen-bond acceptors (Lipinski definition) is 4. The van der Waals surface area contributed by atoms with Gasteiger partial charge in [-0.3, -0.25) is 14.4 Å². The van der Waals surface area contributed by atoms with Crippen molar-refractivity contribution in [1.82, 2.24) is 4.90 Å². The molecule has 2 atom stereocenters. The van der Waals surface area contributed by atoms with E-state index >= 15 is 0 Å². The van der Waals surface area contributed by atoms with Gasteiger partial charge in [-0.05, 0) is 7.05 Å². The van der Waals surface area contributed by atoms with Crippen LogP contribution in [0.3, 0.4) is 0 Å². The molecule has 0 unspecified atom stereocenters. The Morgan fingerprint density at radius 3 is 0.410 bits per heavy atom. The zero-order chi connectivity index (χ0) is 79.1. The Labute approximate surface area is 399 Å². The van der Waals surface area contributed by atoms with Gasteiger partial charge in [0, 0.05) is 340 Å². The van der Waals surface area contributed by atoms with Crippen molar-refractivity contribution in [2.75, 3.05) is 27.8 Å². The SMILES string of the molecule is COC(=O)[C@@H]1C[C@H](OC)CN1C.F.FF.FF.FF.FF.FF.FF.FF.FF.FF.FF.FF.FF.FF.FF.FF.FF.FF.FF.FF.FF.FF.FF.FF.FF.FF.FF.FF.FF.FF.FF.FF.FF.FF.FF.FF. The zero-order valence-electron chi connectivity index (χ0n) is 34.6. The van der Waals surface area contributed by atoms with Crippen LogP contribution < -0.4 is 0 Å². The molecule has 1 aliphatic rings. The maximum Gasteiger partial charge on any atom is 0.323 e. The largest absolute Gasteiger partial charge is 0.468 e. The van der Waals surface area contributed by atoms with Crippen LogP contribution in [0.15, 0.2) is 0 Å². The third-order valence-corrected chi connectivity index (χ3v) is 2.32. The lowest BCUT2D eigenvalue weighted by atomic mass is 10.2. The predicted molar refractivity (Wildman–Crippen MR) is 124 cm³/mol. The standard InChI is InChI=1S/C8H15NO3.35F2.FH/c1-9-5-6(11-2)4-7(9)8(10)12-3;35*1-2;/h6-7H,4-5H2,1-3H3;;;;;;;;;;;;;;;;;;;;;;;;;;;;;;;;;;;;1H/t6-,7-;;;;;;;;;;;;;;;;;;;;;;;;;;;;;;;;;;;;/m0..................................../s1. The normalized spacial score (nSPS) is 6.95. The molecule has 0 saturated carbocycles. The second-order valence-electron chi connectivity index (χ2n) is 3.07. The first-order chi connectivity index (χ1) is 40.7. The smallest absolute Gasteiger partial charge is 0.323 e. The van der Waals surface area contributed by atoms with E-state index in [0.29, 0.717) is 0 Å². The van der Waals surface area contributed by atoms with Crippen LogP contribution in [-0.2, 0) is 14.3 Å². The van der Waals surface area contributed by atoms with Crippen LogP contribution in [0.2, 0.25) is 0 Å². The number of esters is 1. The lowest BCUT2D eigenvalue weighted by Gasteiger charge is -2.15. The molecule has 568 valence electrons. The fourth-order valence-corrected chi connectivity index (χ4v) is 1.53. The van der Waals surface area contributed by atoms with E-state index in [4.69, 9.17) is 325 Å². The third-order valence-electron chi connectivity index (χ3n) is 2.32. The van der Waals surface area contributed by atoms with E-state index in [1.54, 1.807) is 7.11 Å². The Kier molecular flexibility index (Phi) is 12700. The van der Waals surface area contributed by atoms with E-state index in [9.17, 15) is 4.79 Å². The second kappa shape index (κ2) is 4000. The quantitative estimate of drug-likeness (QED) is 0.204. The van der Waals surface area contributed by atoms with Gasteiger partial charge >= 0.3 is 5.97 Å². The first-order valence-corrected chi connectivity index (χ1v) is 9.00. The summed E-state index contributed by atoms with van der Waals surface area (Å²) in [5, 5.41) is 0. The average Bonchev–Trinajstić information content (AvgIpc) is 4.09. The molecule has 0 aromatic rings. The van der Waals surface area contributed by atoms with Crippen LogP contribution in [0.25, 0.3) is 0 Å². The van der Waals surface area contributed by atoms with E-state index in [-0.39, 0.29) is 22.8 Å². The third kappa shape index (κ3) is 2040. The second-order valence-corrected chi connectivity index (χ2v) is 3.07. The van der Waals surface area contributed by atoms with Crippen LogP contribution in [0.5, 0.6) is 0 Å². The molecular weight excluding hydrogens is 1510 g/mol. The first-order valence-electron chi connectivity index (χ1n) is 9.00. The minimum atomic E-state index is -0.169. The van der Waals surface area contributed by atoms with Crippen LogP contribution in [0.4, 0.5) is 325 Å². The van der Waals surface area contributed by atoms with Gasteiger partial charge in [-0.15, -0.1) is 0 Å². The van der Waals surface area contributed by atoms with E-state index in [1.807, 2.05) is 11.9 Å². The molecule has 1 fully saturated rings. The van der Waals surface area contributed by atoms with E-state index in [1.165, 1.54) is 7.11 Å². The number of carbonyl (C=O) groups is 1. The predicted octanol–water partition coefficient (Wildman–Crippen LogP) is 29.4. The molecule has 0 aromatic carbocycles. The van der Waals surface area contributed by atoms with Crippen LogP contribution in [0, 0.1) is 0 Å². The molecule has 0 radical (unpaired) electrons. The van der Waals surface area contributed by atoms with Gasteiger partial charge in [-0.1, -0.05) is 0 Å². The number of likely N-dealkylation sites (tertiary alicyclic amines) is 1. The molecule has 1 rings (SSSR count). The summed E-state index contributed by atoms with van der Waals surface area (Å²) in [5.74, 6) is -0.169. The summed E-state index contributed by atoms with van der Waals surface area (Å²) in [6.07, 6.45) is 0.902. The number of likely N-dealkylation sites (N-methyl/N-ethyl adjacent to an activating group) is 1. The number of hydrogen-bond donors (Lipinski definition) is 0. The number of ether oxygens (including phenoxy) is 2. The zero-order valence-corrected chi connectivity index (χ0v) is 34.6. The van der Waals surface area contributed by atoms with Crippen molar-refractivity contribution in [3.05, 3.63) is 0 Å². The number of halogens is 71. The van der Waals surface area contributed by atoms with Gasteiger partial charge in [-0.2, -0.15) is 0 Å². The van der Waals surface area contributed by atoms with Crippen LogP contribution in [-0.4, -0.2) is 50.8 Å². The Balaban J connectivity index is -0.00000000831. The minimum absolute atomic E-state index is 0. The maximum absolute atomic E-state index is 11.2. The van der Waals surface area contributed by atoms with Crippen LogP contribution in [0.1, 0.15) is 6.42 Å². The highest BCUT2D eigenvalue weighted by Gasteiger charge is 2.35. The Morgan fingerprint density at radius 2 is 0.349 bits per heavy atom. The lowest BCUT2D eigenvalue weighted by molar-refractivity contribution is -0.145. The van der Waals surface area contributed by atoms with Crippen molar-refractivity contribution in [2.24, 2.45) is 0 Å². The van der Waals surface area contributed by atoms with E-state index < -0.39 is 0 Å². The molecule has 83 heavy (non-hydrogen) atoms. The molecule has 0 aromatic heterocycles. The van der Waals surface area contributed by atoms with Gasteiger partial charge in [0.15, 0.2) is 0 Å². The van der Waals surface area contributed by atoms with Crippen molar-refractivity contribution < 1.29 is 339 Å². The number of methoxy groups -OCH3 is 2. The summed E-state index contributed by atoms with van der Waals surface area (Å²) in [4.78, 5) is 13.1. The Bertz CT molecular complexity index is 221. The van der Waals surface area contributed by atoms with Crippen LogP contribution >= 0.6 is 0 Å². The molecule has 1 saturated heterocycles. The molecule has 1 aliphatic heterocycles. The molecule has 0 bridgehead atoms. The van der Waals surface area contributed by atoms with Gasteiger partial charge < -0.3 is 9.47 Å². The molecule has 4 nitrogen and oxygen atoms in total. The molecule has 75 heteroatoms. The van der Waals surface area contributed by atoms with Crippen molar-refractivity contribution in [3.8, 4) is 0 Å². The fraction of sp³-hybridized carbons (Fsp3) is 0.875. The maximum atomic E-state index is 11.2. The van der Waals surface area contributed by atoms with Gasteiger partial charge in [0.1, 0.15) is 6.04 Å². The summed E-state index contributed by atoms with van der Waals surface area (Å²) in [6, 6.07) is -0.125. The lowest BCUT2D eigenvalue weighted by Crippen LogP contribution is -2.33. The summed E-state index contributed by atoms with van der Waals surface area (Å²) in [7, 11) is 4.98. The highest BCUT2D eigenvalue weighted by Crippen LogP contribution is 2.18. The molecule has 0 N–H and O–H groups in total. The Hall–Kier alpha value is -5.58. The van der Waals surface area contributed by atoms with E-state index in [0.717, 1.165) is 13.0 Å². The summed E-state index contributed by atoms with van der Waals surface area (Å²) < 4.78 is 570. The molecule has 0 spiro atoms. The van der Waals surface area contributed by atoms with E-state index in [2.05, 4.69) is 4.74 Å². The number of carbonyl (C=O) groups excluding carboxylic acids is 1. The molecule has 0 aliphatic carbocycles. The topological polar surface area (TPSA) is 38.8 Å². The Morgan fingerprint density at radius 1 is 0.253 bits per heavy atom. The summed E-state index contributed by atoms with van der Waals surface area (Å²) in [6.45, 7) is 0.802. The van der Waals surface area contributed by atoms with Crippen molar-refractivity contribution in [1.29, 1.82) is 0 Å². The van der Waals surface area contributed by atoms with Gasteiger partial charge in [0.2, 0.25) is 0 Å². The highest BCUT2D eigenvalue weighted by molar-refractivity contribution is 5.76. The molecule has 0 amide bonds. The fourth-order valence-electron chi connectivity index (χ4n) is 1.53. The van der Waals surface area contributed by atoms with Crippen molar-refractivity contribution >= 4 is 5.97 Å². The van der Waals surface area contributed by atoms with Crippen molar-refractivity contribution in [3.63, 3.8) is 0 Å². The highest BCUT2D eigenvalue weighted by atomic mass is 20.1.